The summed E-state index contributed by atoms with van der Waals surface area (Å²) in [4.78, 5) is 43.3. The highest BCUT2D eigenvalue weighted by Gasteiger charge is 2.50. The van der Waals surface area contributed by atoms with E-state index in [1.165, 1.54) is 30.9 Å². The molecule has 1 aromatic carbocycles. The average molecular weight is 504 g/mol. The van der Waals surface area contributed by atoms with Gasteiger partial charge in [0.25, 0.3) is 5.56 Å². The number of carbonyl (C=O) groups is 2. The van der Waals surface area contributed by atoms with Gasteiger partial charge in [0, 0.05) is 35.1 Å². The molecule has 37 heavy (non-hydrogen) atoms. The molecule has 0 unspecified atom stereocenters. The van der Waals surface area contributed by atoms with E-state index in [1.807, 2.05) is 0 Å². The number of aromatic nitrogens is 2. The van der Waals surface area contributed by atoms with E-state index in [0.29, 0.717) is 39.2 Å². The molecule has 0 amide bonds. The number of hydrogen-bond acceptors (Lipinski definition) is 8. The maximum absolute atomic E-state index is 14.7. The molecule has 0 fully saturated rings. The lowest BCUT2D eigenvalue weighted by molar-refractivity contribution is -0.188. The molecule has 10 heteroatoms. The van der Waals surface area contributed by atoms with E-state index in [1.54, 1.807) is 31.2 Å². The Bertz CT molecular complexity index is 1690. The van der Waals surface area contributed by atoms with Gasteiger partial charge in [-0.25, -0.2) is 14.2 Å². The number of ether oxygens (including phenoxy) is 3. The third-order valence-corrected chi connectivity index (χ3v) is 7.01. The highest BCUT2D eigenvalue weighted by atomic mass is 19.1. The fraction of sp³-hybridized carbons (Fsp3) is 0.259. The summed E-state index contributed by atoms with van der Waals surface area (Å²) in [6.45, 7) is 2.79. The van der Waals surface area contributed by atoms with Crippen LogP contribution in [-0.2, 0) is 37.8 Å². The molecule has 0 bridgehead atoms. The first-order valence-electron chi connectivity index (χ1n) is 11.7. The third-order valence-electron chi connectivity index (χ3n) is 7.01. The monoisotopic (exact) mass is 504 g/mol. The Balaban J connectivity index is 1.68. The Morgan fingerprint density at radius 3 is 2.73 bits per heavy atom. The van der Waals surface area contributed by atoms with Crippen molar-refractivity contribution in [3.63, 3.8) is 0 Å². The van der Waals surface area contributed by atoms with Crippen LogP contribution in [-0.4, -0.2) is 28.6 Å². The van der Waals surface area contributed by atoms with E-state index < -0.39 is 23.4 Å². The third kappa shape index (κ3) is 3.14. The van der Waals surface area contributed by atoms with Gasteiger partial charge in [-0.1, -0.05) is 6.92 Å². The van der Waals surface area contributed by atoms with Gasteiger partial charge < -0.3 is 23.2 Å². The summed E-state index contributed by atoms with van der Waals surface area (Å²) < 4.78 is 37.9. The lowest BCUT2D eigenvalue weighted by atomic mass is 9.85. The molecule has 2 aliphatic rings. The Morgan fingerprint density at radius 2 is 2.05 bits per heavy atom. The number of cyclic esters (lactones) is 1. The highest BCUT2D eigenvalue weighted by Crippen LogP contribution is 2.45. The summed E-state index contributed by atoms with van der Waals surface area (Å²) >= 11 is 0. The fourth-order valence-electron chi connectivity index (χ4n) is 5.34. The van der Waals surface area contributed by atoms with E-state index in [9.17, 15) is 18.8 Å². The zero-order valence-electron chi connectivity index (χ0n) is 20.2. The summed E-state index contributed by atoms with van der Waals surface area (Å²) in [6.07, 6.45) is 1.60. The van der Waals surface area contributed by atoms with Gasteiger partial charge in [-0.3, -0.25) is 9.59 Å². The molecule has 0 N–H and O–H groups in total. The largest absolute Gasteiger partial charge is 0.494 e. The number of carbonyl (C=O) groups excluding carboxylic acids is 2. The normalized spacial score (nSPS) is 17.7. The van der Waals surface area contributed by atoms with Gasteiger partial charge in [-0.05, 0) is 30.7 Å². The van der Waals surface area contributed by atoms with Crippen molar-refractivity contribution < 1.29 is 32.6 Å². The molecule has 9 nitrogen and oxygen atoms in total. The molecule has 0 spiro atoms. The molecule has 0 aliphatic carbocycles. The van der Waals surface area contributed by atoms with Gasteiger partial charge in [-0.15, -0.1) is 0 Å². The van der Waals surface area contributed by atoms with Crippen molar-refractivity contribution in [3.05, 3.63) is 69.5 Å². The summed E-state index contributed by atoms with van der Waals surface area (Å²) in [6, 6.07) is 7.99. The lowest BCUT2D eigenvalue weighted by Crippen LogP contribution is -2.47. The Kier molecular flexibility index (Phi) is 4.98. The molecule has 0 saturated carbocycles. The number of fused-ring (bicyclic) bond motifs is 5. The second-order valence-electron chi connectivity index (χ2n) is 8.96. The number of benzene rings is 1. The van der Waals surface area contributed by atoms with Crippen molar-refractivity contribution in [1.29, 1.82) is 0 Å². The maximum atomic E-state index is 14.7. The van der Waals surface area contributed by atoms with Gasteiger partial charge in [0.1, 0.15) is 12.4 Å². The molecule has 3 aromatic heterocycles. The molecule has 4 aromatic rings. The smallest absolute Gasteiger partial charge is 0.355 e. The molecule has 6 rings (SSSR count). The number of hydrogen-bond donors (Lipinski definition) is 0. The van der Waals surface area contributed by atoms with Gasteiger partial charge in [0.2, 0.25) is 5.60 Å². The lowest BCUT2D eigenvalue weighted by Gasteiger charge is -2.35. The van der Waals surface area contributed by atoms with E-state index in [2.05, 4.69) is 0 Å². The first-order chi connectivity index (χ1) is 17.8. The van der Waals surface area contributed by atoms with Crippen LogP contribution in [0.2, 0.25) is 0 Å². The van der Waals surface area contributed by atoms with Crippen molar-refractivity contribution in [2.45, 2.75) is 39.0 Å². The van der Waals surface area contributed by atoms with Crippen LogP contribution in [0.25, 0.3) is 33.6 Å². The van der Waals surface area contributed by atoms with Gasteiger partial charge in [0.15, 0.2) is 11.6 Å². The zero-order chi connectivity index (χ0) is 26.1. The van der Waals surface area contributed by atoms with E-state index >= 15 is 0 Å². The van der Waals surface area contributed by atoms with E-state index in [4.69, 9.17) is 23.6 Å². The second kappa shape index (κ2) is 8.02. The van der Waals surface area contributed by atoms with Crippen molar-refractivity contribution >= 4 is 22.8 Å². The maximum Gasteiger partial charge on any atom is 0.355 e. The molecule has 2 aliphatic heterocycles. The summed E-state index contributed by atoms with van der Waals surface area (Å²) in [5, 5.41) is 0.596. The number of furan rings is 1. The Morgan fingerprint density at radius 1 is 1.24 bits per heavy atom. The number of rotatable bonds is 4. The van der Waals surface area contributed by atoms with E-state index in [0.717, 1.165) is 0 Å². The zero-order valence-corrected chi connectivity index (χ0v) is 20.2. The number of nitrogens with zero attached hydrogens (tertiary/aromatic N) is 2. The molecule has 0 saturated heterocycles. The van der Waals surface area contributed by atoms with Crippen LogP contribution in [0.5, 0.6) is 5.75 Å². The van der Waals surface area contributed by atoms with Crippen LogP contribution in [0.3, 0.4) is 0 Å². The van der Waals surface area contributed by atoms with Crippen molar-refractivity contribution in [3.8, 4) is 28.5 Å². The topological polar surface area (TPSA) is 110 Å². The summed E-state index contributed by atoms with van der Waals surface area (Å²) in [5.74, 6) is -1.44. The second-order valence-corrected chi connectivity index (χ2v) is 8.96. The quantitative estimate of drug-likeness (QED) is 0.337. The van der Waals surface area contributed by atoms with Crippen LogP contribution >= 0.6 is 0 Å². The van der Waals surface area contributed by atoms with Crippen LogP contribution < -0.4 is 10.3 Å². The molecule has 188 valence electrons. The van der Waals surface area contributed by atoms with Crippen molar-refractivity contribution in [2.24, 2.45) is 0 Å². The first-order valence-corrected chi connectivity index (χ1v) is 11.7. The van der Waals surface area contributed by atoms with Gasteiger partial charge >= 0.3 is 11.9 Å². The SMILES string of the molecule is CC[C@@]1(OC(C)=O)C(=O)OCc2c1cc1n(c2=O)Cc2c-1nc1cc(F)c(OC)cc1c2-c1ccco1. The number of halogens is 1. The van der Waals surface area contributed by atoms with E-state index in [-0.39, 0.29) is 42.0 Å². The minimum atomic E-state index is -1.75. The van der Waals surface area contributed by atoms with Crippen LogP contribution in [0, 0.1) is 5.82 Å². The van der Waals surface area contributed by atoms with Gasteiger partial charge in [0.05, 0.1) is 42.4 Å². The highest BCUT2D eigenvalue weighted by molar-refractivity contribution is 5.99. The summed E-state index contributed by atoms with van der Waals surface area (Å²) in [5.41, 5.74) is 0.903. The fourth-order valence-corrected chi connectivity index (χ4v) is 5.34. The Hall–Kier alpha value is -4.47. The number of esters is 2. The van der Waals surface area contributed by atoms with Crippen molar-refractivity contribution in [2.75, 3.05) is 7.11 Å². The standard InChI is InChI=1S/C27H21FN2O7/c1-4-27(37-13(2)31)17-9-20-24-15(11-30(20)25(32)16(17)12-36-26(27)33)23(21-6-5-7-35-21)14-8-22(34-3)18(28)10-19(14)29-24/h5-10H,4,11-12H2,1-3H3/t27-/m0/s1. The van der Waals surface area contributed by atoms with Gasteiger partial charge in [-0.2, -0.15) is 0 Å². The first kappa shape index (κ1) is 23.0. The molecular weight excluding hydrogens is 483 g/mol. The van der Waals surface area contributed by atoms with Crippen LogP contribution in [0.4, 0.5) is 4.39 Å². The van der Waals surface area contributed by atoms with Crippen LogP contribution in [0.1, 0.15) is 37.0 Å². The minimum Gasteiger partial charge on any atom is -0.494 e. The Labute approximate surface area is 209 Å². The molecule has 1 atom stereocenters. The van der Waals surface area contributed by atoms with Crippen molar-refractivity contribution in [1.82, 2.24) is 9.55 Å². The molecular formula is C27H21FN2O7. The minimum absolute atomic E-state index is 0.0509. The molecule has 0 radical (unpaired) electrons. The number of pyridine rings is 2. The predicted octanol–water partition coefficient (Wildman–Crippen LogP) is 4.06. The average Bonchev–Trinajstić information content (AvgIpc) is 3.52. The molecule has 5 heterocycles. The van der Waals surface area contributed by atoms with Crippen LogP contribution in [0.15, 0.2) is 45.8 Å². The predicted molar refractivity (Wildman–Crippen MR) is 128 cm³/mol. The summed E-state index contributed by atoms with van der Waals surface area (Å²) in [7, 11) is 1.38. The number of methoxy groups -OCH3 is 1.